The number of unbranched alkanes of at least 4 members (excludes halogenated alkanes) is 1. The van der Waals surface area contributed by atoms with Crippen molar-refractivity contribution in [3.05, 3.63) is 12.2 Å². The molecule has 0 aromatic heterocycles. The molecule has 1 aliphatic rings. The lowest BCUT2D eigenvalue weighted by Gasteiger charge is -2.27. The van der Waals surface area contributed by atoms with Gasteiger partial charge in [-0.1, -0.05) is 31.9 Å². The third-order valence-corrected chi connectivity index (χ3v) is 6.08. The van der Waals surface area contributed by atoms with E-state index in [1.165, 1.54) is 36.3 Å². The quantitative estimate of drug-likeness (QED) is 0.634. The van der Waals surface area contributed by atoms with Gasteiger partial charge in [0.1, 0.15) is 0 Å². The van der Waals surface area contributed by atoms with E-state index >= 15 is 0 Å². The van der Waals surface area contributed by atoms with Crippen LogP contribution in [0.4, 0.5) is 0 Å². The second-order valence-corrected chi connectivity index (χ2v) is 6.38. The van der Waals surface area contributed by atoms with Crippen LogP contribution in [0.2, 0.25) is 0 Å². The second kappa shape index (κ2) is 4.61. The molecule has 0 radical (unpaired) electrons. The molecule has 0 aromatic rings. The Morgan fingerprint density at radius 2 is 2.00 bits per heavy atom. The van der Waals surface area contributed by atoms with Gasteiger partial charge >= 0.3 is 0 Å². The molecule has 0 unspecified atom stereocenters. The van der Waals surface area contributed by atoms with E-state index in [1.807, 2.05) is 0 Å². The molecular formula is C10H18S2. The van der Waals surface area contributed by atoms with Gasteiger partial charge in [-0.15, -0.1) is 23.5 Å². The molecule has 1 heterocycles. The predicted octanol–water partition coefficient (Wildman–Crippen LogP) is 3.93. The van der Waals surface area contributed by atoms with E-state index in [1.54, 1.807) is 0 Å². The standard InChI is InChI=1S/C10H18S2/c1-4-5-6-10(9(2)3)11-7-8-12-10/h2,4-8H2,1,3H3. The smallest absolute Gasteiger partial charge is 0.0815 e. The van der Waals surface area contributed by atoms with Crippen LogP contribution in [-0.2, 0) is 0 Å². The Kier molecular flexibility index (Phi) is 4.04. The first-order valence-electron chi connectivity index (χ1n) is 4.65. The molecule has 0 spiro atoms. The van der Waals surface area contributed by atoms with Gasteiger partial charge in [0.25, 0.3) is 0 Å². The van der Waals surface area contributed by atoms with E-state index in [9.17, 15) is 0 Å². The molecule has 0 aromatic carbocycles. The zero-order valence-electron chi connectivity index (χ0n) is 8.06. The van der Waals surface area contributed by atoms with E-state index in [0.717, 1.165) is 0 Å². The first-order chi connectivity index (χ1) is 5.71. The molecule has 1 fully saturated rings. The van der Waals surface area contributed by atoms with Gasteiger partial charge in [0.2, 0.25) is 0 Å². The summed E-state index contributed by atoms with van der Waals surface area (Å²) in [6, 6.07) is 0. The maximum absolute atomic E-state index is 4.12. The maximum Gasteiger partial charge on any atom is 0.0815 e. The highest BCUT2D eigenvalue weighted by molar-refractivity contribution is 8.21. The topological polar surface area (TPSA) is 0 Å². The van der Waals surface area contributed by atoms with Crippen molar-refractivity contribution in [3.63, 3.8) is 0 Å². The molecule has 12 heavy (non-hydrogen) atoms. The minimum absolute atomic E-state index is 0.385. The highest BCUT2D eigenvalue weighted by Gasteiger charge is 2.35. The van der Waals surface area contributed by atoms with Crippen LogP contribution in [0.15, 0.2) is 12.2 Å². The van der Waals surface area contributed by atoms with E-state index < -0.39 is 0 Å². The van der Waals surface area contributed by atoms with Crippen LogP contribution < -0.4 is 0 Å². The lowest BCUT2D eigenvalue weighted by atomic mass is 10.1. The molecular weight excluding hydrogens is 184 g/mol. The molecule has 0 atom stereocenters. The van der Waals surface area contributed by atoms with E-state index in [2.05, 4.69) is 44.0 Å². The highest BCUT2D eigenvalue weighted by Crippen LogP contribution is 2.51. The average molecular weight is 202 g/mol. The van der Waals surface area contributed by atoms with Crippen LogP contribution >= 0.6 is 23.5 Å². The Morgan fingerprint density at radius 1 is 1.42 bits per heavy atom. The Morgan fingerprint density at radius 3 is 2.42 bits per heavy atom. The summed E-state index contributed by atoms with van der Waals surface area (Å²) in [6.07, 6.45) is 3.96. The summed E-state index contributed by atoms with van der Waals surface area (Å²) < 4.78 is 0.385. The summed E-state index contributed by atoms with van der Waals surface area (Å²) in [5.74, 6) is 2.61. The maximum atomic E-state index is 4.12. The average Bonchev–Trinajstić information content (AvgIpc) is 2.50. The first kappa shape index (κ1) is 10.5. The van der Waals surface area contributed by atoms with Gasteiger partial charge in [0, 0.05) is 11.5 Å². The van der Waals surface area contributed by atoms with Crippen LogP contribution in [0.3, 0.4) is 0 Å². The summed E-state index contributed by atoms with van der Waals surface area (Å²) in [5, 5.41) is 0. The molecule has 0 saturated carbocycles. The van der Waals surface area contributed by atoms with Gasteiger partial charge in [-0.2, -0.15) is 0 Å². The molecule has 1 rings (SSSR count). The SMILES string of the molecule is C=C(C)C1(CCCC)SCCS1. The summed E-state index contributed by atoms with van der Waals surface area (Å²) in [7, 11) is 0. The zero-order valence-corrected chi connectivity index (χ0v) is 9.69. The summed E-state index contributed by atoms with van der Waals surface area (Å²) in [5.41, 5.74) is 1.36. The van der Waals surface area contributed by atoms with Crippen molar-refractivity contribution in [1.29, 1.82) is 0 Å². The van der Waals surface area contributed by atoms with Crippen molar-refractivity contribution in [3.8, 4) is 0 Å². The lowest BCUT2D eigenvalue weighted by molar-refractivity contribution is 0.702. The zero-order chi connectivity index (χ0) is 9.03. The molecule has 0 bridgehead atoms. The number of hydrogen-bond acceptors (Lipinski definition) is 2. The molecule has 0 nitrogen and oxygen atoms in total. The molecule has 70 valence electrons. The molecule has 2 heteroatoms. The lowest BCUT2D eigenvalue weighted by Crippen LogP contribution is -2.17. The Hall–Kier alpha value is 0.440. The van der Waals surface area contributed by atoms with Crippen LogP contribution in [-0.4, -0.2) is 15.6 Å². The van der Waals surface area contributed by atoms with Crippen LogP contribution in [0.1, 0.15) is 33.1 Å². The molecule has 1 aliphatic heterocycles. The van der Waals surface area contributed by atoms with E-state index in [4.69, 9.17) is 0 Å². The third-order valence-electron chi connectivity index (χ3n) is 2.26. The van der Waals surface area contributed by atoms with Crippen LogP contribution in [0.25, 0.3) is 0 Å². The van der Waals surface area contributed by atoms with Crippen molar-refractivity contribution in [2.45, 2.75) is 37.2 Å². The summed E-state index contributed by atoms with van der Waals surface area (Å²) in [6.45, 7) is 8.56. The van der Waals surface area contributed by atoms with Gasteiger partial charge in [-0.3, -0.25) is 0 Å². The van der Waals surface area contributed by atoms with Crippen molar-refractivity contribution in [2.75, 3.05) is 11.5 Å². The fraction of sp³-hybridized carbons (Fsp3) is 0.800. The van der Waals surface area contributed by atoms with Gasteiger partial charge in [-0.05, 0) is 13.3 Å². The fourth-order valence-corrected chi connectivity index (χ4v) is 4.70. The number of hydrogen-bond donors (Lipinski definition) is 0. The second-order valence-electron chi connectivity index (χ2n) is 3.33. The van der Waals surface area contributed by atoms with Gasteiger partial charge in [0.05, 0.1) is 4.08 Å². The number of rotatable bonds is 4. The molecule has 0 N–H and O–H groups in total. The van der Waals surface area contributed by atoms with Crippen molar-refractivity contribution in [2.24, 2.45) is 0 Å². The normalized spacial score (nSPS) is 21.2. The van der Waals surface area contributed by atoms with Crippen LogP contribution in [0.5, 0.6) is 0 Å². The first-order valence-corrected chi connectivity index (χ1v) is 6.62. The monoisotopic (exact) mass is 202 g/mol. The minimum Gasteiger partial charge on any atom is -0.139 e. The Labute approximate surface area is 84.6 Å². The summed E-state index contributed by atoms with van der Waals surface area (Å²) in [4.78, 5) is 0. The Bertz CT molecular complexity index is 157. The Balaban J connectivity index is 2.53. The highest BCUT2D eigenvalue weighted by atomic mass is 32.2. The molecule has 1 saturated heterocycles. The van der Waals surface area contributed by atoms with Crippen LogP contribution in [0, 0.1) is 0 Å². The summed E-state index contributed by atoms with van der Waals surface area (Å²) >= 11 is 4.20. The largest absolute Gasteiger partial charge is 0.139 e. The van der Waals surface area contributed by atoms with Crippen molar-refractivity contribution >= 4 is 23.5 Å². The predicted molar refractivity (Wildman–Crippen MR) is 62.0 cm³/mol. The molecule has 0 aliphatic carbocycles. The van der Waals surface area contributed by atoms with Gasteiger partial charge in [-0.25, -0.2) is 0 Å². The van der Waals surface area contributed by atoms with E-state index in [0.29, 0.717) is 4.08 Å². The fourth-order valence-electron chi connectivity index (χ4n) is 1.47. The number of thioether (sulfide) groups is 2. The third kappa shape index (κ3) is 2.23. The van der Waals surface area contributed by atoms with Gasteiger partial charge < -0.3 is 0 Å². The van der Waals surface area contributed by atoms with Gasteiger partial charge in [0.15, 0.2) is 0 Å². The molecule has 0 amide bonds. The van der Waals surface area contributed by atoms with Crippen molar-refractivity contribution < 1.29 is 0 Å². The van der Waals surface area contributed by atoms with Crippen molar-refractivity contribution in [1.82, 2.24) is 0 Å². The van der Waals surface area contributed by atoms with E-state index in [-0.39, 0.29) is 0 Å². The minimum atomic E-state index is 0.385.